The fraction of sp³-hybridized carbons (Fsp3) is 0.259. The third-order valence-corrected chi connectivity index (χ3v) is 6.28. The first-order valence-electron chi connectivity index (χ1n) is 11.7. The zero-order chi connectivity index (χ0) is 27.7. The molecule has 0 bridgehead atoms. The van der Waals surface area contributed by atoms with Gasteiger partial charge in [0, 0.05) is 41.7 Å². The van der Waals surface area contributed by atoms with Crippen molar-refractivity contribution in [1.82, 2.24) is 10.2 Å². The standard InChI is InChI=1S/C27H27Cl2N3O6/c1-3-30-27(34)24(13-18-7-5-4-6-8-18)31(16-19-9-10-20(28)14-22(19)29)26(33)17-38-21-11-12-23(32(35)36)25(15-21)37-2/h4-12,14-15,24H,3,13,16-17H2,1-2H3,(H,30,34)/t24-/m0/s1. The summed E-state index contributed by atoms with van der Waals surface area (Å²) in [4.78, 5) is 38.8. The summed E-state index contributed by atoms with van der Waals surface area (Å²) in [7, 11) is 1.30. The number of nitrogens with one attached hydrogen (secondary N) is 1. The van der Waals surface area contributed by atoms with Gasteiger partial charge in [0.15, 0.2) is 6.61 Å². The number of benzene rings is 3. The second kappa shape index (κ2) is 13.6. The van der Waals surface area contributed by atoms with Crippen LogP contribution >= 0.6 is 23.2 Å². The third-order valence-electron chi connectivity index (χ3n) is 5.69. The van der Waals surface area contributed by atoms with E-state index < -0.39 is 23.5 Å². The molecule has 0 saturated heterocycles. The van der Waals surface area contributed by atoms with Crippen molar-refractivity contribution in [2.75, 3.05) is 20.3 Å². The molecule has 0 heterocycles. The number of halogens is 2. The zero-order valence-corrected chi connectivity index (χ0v) is 22.4. The SMILES string of the molecule is CCNC(=O)[C@H](Cc1ccccc1)N(Cc1ccc(Cl)cc1Cl)C(=O)COc1ccc([N+](=O)[O-])c(OC)c1. The Bertz CT molecular complexity index is 1290. The highest BCUT2D eigenvalue weighted by Crippen LogP contribution is 2.31. The summed E-state index contributed by atoms with van der Waals surface area (Å²) >= 11 is 12.5. The molecular formula is C27H27Cl2N3O6. The van der Waals surface area contributed by atoms with E-state index in [1.807, 2.05) is 30.3 Å². The number of methoxy groups -OCH3 is 1. The molecule has 1 atom stereocenters. The van der Waals surface area contributed by atoms with E-state index in [0.717, 1.165) is 5.56 Å². The Balaban J connectivity index is 1.92. The Labute approximate surface area is 230 Å². The maximum absolute atomic E-state index is 13.6. The molecule has 0 unspecified atom stereocenters. The van der Waals surface area contributed by atoms with Gasteiger partial charge in [-0.05, 0) is 36.2 Å². The fourth-order valence-electron chi connectivity index (χ4n) is 3.81. The summed E-state index contributed by atoms with van der Waals surface area (Å²) < 4.78 is 10.7. The molecule has 0 fully saturated rings. The summed E-state index contributed by atoms with van der Waals surface area (Å²) in [6, 6.07) is 17.3. The Morgan fingerprint density at radius 3 is 2.45 bits per heavy atom. The van der Waals surface area contributed by atoms with Crippen LogP contribution in [0, 0.1) is 10.1 Å². The quantitative estimate of drug-likeness (QED) is 0.245. The number of rotatable bonds is 12. The lowest BCUT2D eigenvalue weighted by Gasteiger charge is -2.31. The number of nitro benzene ring substituents is 1. The topological polar surface area (TPSA) is 111 Å². The molecule has 3 aromatic rings. The number of amides is 2. The average molecular weight is 560 g/mol. The van der Waals surface area contributed by atoms with Crippen LogP contribution in [0.5, 0.6) is 11.5 Å². The van der Waals surface area contributed by atoms with Gasteiger partial charge in [-0.1, -0.05) is 59.6 Å². The van der Waals surface area contributed by atoms with Gasteiger partial charge in [0.2, 0.25) is 11.7 Å². The van der Waals surface area contributed by atoms with Crippen molar-refractivity contribution in [1.29, 1.82) is 0 Å². The number of likely N-dealkylation sites (N-methyl/N-ethyl adjacent to an activating group) is 1. The van der Waals surface area contributed by atoms with Crippen LogP contribution < -0.4 is 14.8 Å². The van der Waals surface area contributed by atoms with Gasteiger partial charge in [0.1, 0.15) is 11.8 Å². The predicted octanol–water partition coefficient (Wildman–Crippen LogP) is 5.07. The van der Waals surface area contributed by atoms with Crippen molar-refractivity contribution in [2.24, 2.45) is 0 Å². The van der Waals surface area contributed by atoms with Crippen LogP contribution in [0.4, 0.5) is 5.69 Å². The van der Waals surface area contributed by atoms with E-state index in [2.05, 4.69) is 5.32 Å². The van der Waals surface area contributed by atoms with Crippen LogP contribution in [0.1, 0.15) is 18.1 Å². The van der Waals surface area contributed by atoms with Gasteiger partial charge in [-0.15, -0.1) is 0 Å². The summed E-state index contributed by atoms with van der Waals surface area (Å²) in [5.41, 5.74) is 1.23. The van der Waals surface area contributed by atoms with E-state index in [-0.39, 0.29) is 36.1 Å². The zero-order valence-electron chi connectivity index (χ0n) is 20.9. The first-order valence-corrected chi connectivity index (χ1v) is 12.5. The van der Waals surface area contributed by atoms with E-state index in [1.54, 1.807) is 25.1 Å². The van der Waals surface area contributed by atoms with E-state index in [4.69, 9.17) is 32.7 Å². The lowest BCUT2D eigenvalue weighted by Crippen LogP contribution is -2.51. The van der Waals surface area contributed by atoms with E-state index >= 15 is 0 Å². The molecule has 0 saturated carbocycles. The highest BCUT2D eigenvalue weighted by Gasteiger charge is 2.31. The van der Waals surface area contributed by atoms with Crippen molar-refractivity contribution in [2.45, 2.75) is 25.9 Å². The average Bonchev–Trinajstić information content (AvgIpc) is 2.90. The molecule has 1 N–H and O–H groups in total. The molecule has 200 valence electrons. The number of hydrogen-bond acceptors (Lipinski definition) is 6. The number of carbonyl (C=O) groups is 2. The van der Waals surface area contributed by atoms with Crippen LogP contribution in [0.15, 0.2) is 66.7 Å². The molecular weight excluding hydrogens is 533 g/mol. The van der Waals surface area contributed by atoms with Gasteiger partial charge < -0.3 is 19.7 Å². The Morgan fingerprint density at radius 2 is 1.82 bits per heavy atom. The second-order valence-corrected chi connectivity index (χ2v) is 9.08. The highest BCUT2D eigenvalue weighted by atomic mass is 35.5. The minimum Gasteiger partial charge on any atom is -0.490 e. The van der Waals surface area contributed by atoms with E-state index in [9.17, 15) is 19.7 Å². The fourth-order valence-corrected chi connectivity index (χ4v) is 4.27. The van der Waals surface area contributed by atoms with Crippen molar-refractivity contribution in [3.8, 4) is 11.5 Å². The predicted molar refractivity (Wildman–Crippen MR) is 145 cm³/mol. The maximum Gasteiger partial charge on any atom is 0.311 e. The van der Waals surface area contributed by atoms with Gasteiger partial charge >= 0.3 is 5.69 Å². The minimum atomic E-state index is -0.869. The van der Waals surface area contributed by atoms with Crippen LogP contribution in [0.2, 0.25) is 10.0 Å². The summed E-state index contributed by atoms with van der Waals surface area (Å²) in [5.74, 6) is -0.621. The molecule has 0 aromatic heterocycles. The van der Waals surface area contributed by atoms with Crippen LogP contribution in [-0.4, -0.2) is 47.9 Å². The summed E-state index contributed by atoms with van der Waals surface area (Å²) in [6.07, 6.45) is 0.259. The molecule has 3 aromatic carbocycles. The second-order valence-electron chi connectivity index (χ2n) is 8.24. The maximum atomic E-state index is 13.6. The molecule has 0 radical (unpaired) electrons. The van der Waals surface area contributed by atoms with Gasteiger partial charge in [0.05, 0.1) is 12.0 Å². The normalized spacial score (nSPS) is 11.4. The van der Waals surface area contributed by atoms with Crippen molar-refractivity contribution in [3.05, 3.63) is 98.0 Å². The van der Waals surface area contributed by atoms with Crippen molar-refractivity contribution in [3.63, 3.8) is 0 Å². The number of nitrogens with zero attached hydrogens (tertiary/aromatic N) is 2. The first-order chi connectivity index (χ1) is 18.2. The monoisotopic (exact) mass is 559 g/mol. The number of hydrogen-bond donors (Lipinski definition) is 1. The van der Waals surface area contributed by atoms with Gasteiger partial charge in [-0.25, -0.2) is 0 Å². The Kier molecular flexibility index (Phi) is 10.3. The van der Waals surface area contributed by atoms with E-state index in [1.165, 1.54) is 30.2 Å². The molecule has 3 rings (SSSR count). The minimum absolute atomic E-state index is 0.00553. The highest BCUT2D eigenvalue weighted by molar-refractivity contribution is 6.35. The molecule has 9 nitrogen and oxygen atoms in total. The Morgan fingerprint density at radius 1 is 1.08 bits per heavy atom. The molecule has 0 spiro atoms. The lowest BCUT2D eigenvalue weighted by molar-refractivity contribution is -0.385. The summed E-state index contributed by atoms with van der Waals surface area (Å²) in [5, 5.41) is 14.8. The van der Waals surface area contributed by atoms with Crippen LogP contribution in [-0.2, 0) is 22.6 Å². The van der Waals surface area contributed by atoms with Gasteiger partial charge in [0.25, 0.3) is 5.91 Å². The van der Waals surface area contributed by atoms with Crippen molar-refractivity contribution < 1.29 is 24.0 Å². The number of ether oxygens (including phenoxy) is 2. The molecule has 0 aliphatic rings. The number of nitro groups is 1. The van der Waals surface area contributed by atoms with E-state index in [0.29, 0.717) is 22.2 Å². The largest absolute Gasteiger partial charge is 0.490 e. The molecule has 2 amide bonds. The summed E-state index contributed by atoms with van der Waals surface area (Å²) in [6.45, 7) is 1.77. The smallest absolute Gasteiger partial charge is 0.311 e. The van der Waals surface area contributed by atoms with Crippen molar-refractivity contribution >= 4 is 40.7 Å². The van der Waals surface area contributed by atoms with Crippen LogP contribution in [0.3, 0.4) is 0 Å². The molecule has 38 heavy (non-hydrogen) atoms. The third kappa shape index (κ3) is 7.60. The van der Waals surface area contributed by atoms with Crippen LogP contribution in [0.25, 0.3) is 0 Å². The Hall–Kier alpha value is -3.82. The molecule has 11 heteroatoms. The number of carbonyl (C=O) groups excluding carboxylic acids is 2. The van der Waals surface area contributed by atoms with Gasteiger partial charge in [-0.2, -0.15) is 0 Å². The molecule has 0 aliphatic heterocycles. The molecule has 0 aliphatic carbocycles. The lowest BCUT2D eigenvalue weighted by atomic mass is 10.0. The van der Waals surface area contributed by atoms with Gasteiger partial charge in [-0.3, -0.25) is 19.7 Å². The first kappa shape index (κ1) is 28.7.